The fourth-order valence-electron chi connectivity index (χ4n) is 6.10. The van der Waals surface area contributed by atoms with Crippen molar-refractivity contribution in [3.05, 3.63) is 22.8 Å². The van der Waals surface area contributed by atoms with Crippen molar-refractivity contribution in [1.82, 2.24) is 0 Å². The van der Waals surface area contributed by atoms with Crippen molar-refractivity contribution in [1.29, 1.82) is 0 Å². The maximum atomic E-state index is 12.5. The molecule has 1 unspecified atom stereocenters. The third kappa shape index (κ3) is 1.94. The second-order valence-corrected chi connectivity index (χ2v) is 8.51. The Bertz CT molecular complexity index is 655. The maximum Gasteiger partial charge on any atom is 0.172 e. The molecular formula is C20H26O4. The summed E-state index contributed by atoms with van der Waals surface area (Å²) in [4.78, 5) is 12.5. The largest absolute Gasteiger partial charge is 0.385 e. The van der Waals surface area contributed by atoms with Gasteiger partial charge < -0.3 is 14.6 Å². The number of allylic oxidation sites excluding steroid dienone is 3. The Balaban J connectivity index is 1.49. The van der Waals surface area contributed by atoms with Gasteiger partial charge in [-0.15, -0.1) is 0 Å². The first-order valence-corrected chi connectivity index (χ1v) is 9.44. The quantitative estimate of drug-likeness (QED) is 0.742. The van der Waals surface area contributed by atoms with Gasteiger partial charge in [-0.1, -0.05) is 18.6 Å². The molecule has 1 N–H and O–H groups in total. The number of Topliss-reactive ketones (excluding diaryl/α,β-unsaturated/α-hetero) is 1. The van der Waals surface area contributed by atoms with Crippen LogP contribution in [0.4, 0.5) is 0 Å². The van der Waals surface area contributed by atoms with Crippen molar-refractivity contribution < 1.29 is 19.4 Å². The zero-order valence-corrected chi connectivity index (χ0v) is 14.3. The smallest absolute Gasteiger partial charge is 0.172 e. The molecule has 4 aliphatic carbocycles. The minimum atomic E-state index is -0.752. The Morgan fingerprint density at radius 1 is 1.25 bits per heavy atom. The minimum absolute atomic E-state index is 0.0675. The molecule has 0 aromatic heterocycles. The molecule has 0 radical (unpaired) electrons. The van der Waals surface area contributed by atoms with Crippen molar-refractivity contribution in [3.8, 4) is 0 Å². The lowest BCUT2D eigenvalue weighted by Gasteiger charge is -2.46. The average Bonchev–Trinajstić information content (AvgIpc) is 3.12. The first kappa shape index (κ1) is 15.3. The number of carbonyl (C=O) groups is 1. The fourth-order valence-corrected chi connectivity index (χ4v) is 6.10. The van der Waals surface area contributed by atoms with Gasteiger partial charge in [0.25, 0.3) is 0 Å². The van der Waals surface area contributed by atoms with Crippen molar-refractivity contribution in [2.75, 3.05) is 13.2 Å². The van der Waals surface area contributed by atoms with Crippen LogP contribution >= 0.6 is 0 Å². The second kappa shape index (κ2) is 5.03. The number of aliphatic hydroxyl groups is 1. The van der Waals surface area contributed by atoms with Crippen LogP contribution in [0.3, 0.4) is 0 Å². The van der Waals surface area contributed by atoms with E-state index in [2.05, 4.69) is 13.0 Å². The van der Waals surface area contributed by atoms with Gasteiger partial charge in [0.05, 0.1) is 13.2 Å². The Labute approximate surface area is 142 Å². The molecule has 5 aliphatic rings. The summed E-state index contributed by atoms with van der Waals surface area (Å²) in [5.41, 5.74) is 4.17. The predicted octanol–water partition coefficient (Wildman–Crippen LogP) is 2.91. The highest BCUT2D eigenvalue weighted by Gasteiger charge is 2.56. The highest BCUT2D eigenvalue weighted by molar-refractivity contribution is 5.91. The van der Waals surface area contributed by atoms with Gasteiger partial charge in [-0.05, 0) is 55.1 Å². The third-order valence-electron chi connectivity index (χ3n) is 7.38. The Morgan fingerprint density at radius 3 is 2.83 bits per heavy atom. The molecule has 0 aromatic carbocycles. The van der Waals surface area contributed by atoms with Crippen molar-refractivity contribution >= 4 is 5.78 Å². The van der Waals surface area contributed by atoms with E-state index in [9.17, 15) is 9.90 Å². The third-order valence-corrected chi connectivity index (χ3v) is 7.38. The molecular weight excluding hydrogens is 304 g/mol. The zero-order chi connectivity index (χ0) is 16.5. The average molecular weight is 330 g/mol. The minimum Gasteiger partial charge on any atom is -0.385 e. The van der Waals surface area contributed by atoms with Crippen LogP contribution in [0.1, 0.15) is 51.9 Å². The van der Waals surface area contributed by atoms with Gasteiger partial charge in [0.15, 0.2) is 11.6 Å². The van der Waals surface area contributed by atoms with E-state index in [1.165, 1.54) is 16.7 Å². The topological polar surface area (TPSA) is 55.8 Å². The number of fused-ring (bicyclic) bond motifs is 4. The molecule has 4 atom stereocenters. The Morgan fingerprint density at radius 2 is 2.04 bits per heavy atom. The predicted molar refractivity (Wildman–Crippen MR) is 88.2 cm³/mol. The highest BCUT2D eigenvalue weighted by atomic mass is 16.7. The van der Waals surface area contributed by atoms with E-state index in [4.69, 9.17) is 9.47 Å². The van der Waals surface area contributed by atoms with E-state index in [-0.39, 0.29) is 17.0 Å². The van der Waals surface area contributed by atoms with E-state index in [1.54, 1.807) is 0 Å². The number of aliphatic hydroxyl groups excluding tert-OH is 1. The summed E-state index contributed by atoms with van der Waals surface area (Å²) in [6.07, 6.45) is 8.07. The van der Waals surface area contributed by atoms with Gasteiger partial charge in [-0.2, -0.15) is 0 Å². The zero-order valence-electron chi connectivity index (χ0n) is 14.3. The molecule has 1 saturated carbocycles. The van der Waals surface area contributed by atoms with Crippen molar-refractivity contribution in [2.24, 2.45) is 17.3 Å². The summed E-state index contributed by atoms with van der Waals surface area (Å²) < 4.78 is 11.9. The number of rotatable bonds is 0. The van der Waals surface area contributed by atoms with E-state index in [1.807, 2.05) is 0 Å². The number of ether oxygens (including phenoxy) is 2. The maximum absolute atomic E-state index is 12.5. The molecule has 0 amide bonds. The van der Waals surface area contributed by atoms with Gasteiger partial charge in [-0.25, -0.2) is 0 Å². The molecule has 1 heterocycles. The first-order valence-electron chi connectivity index (χ1n) is 9.44. The lowest BCUT2D eigenvalue weighted by molar-refractivity contribution is -0.164. The van der Waals surface area contributed by atoms with Gasteiger partial charge in [0.2, 0.25) is 0 Å². The van der Waals surface area contributed by atoms with Crippen LogP contribution in [-0.4, -0.2) is 36.0 Å². The lowest BCUT2D eigenvalue weighted by atomic mass is 9.58. The molecule has 1 saturated heterocycles. The van der Waals surface area contributed by atoms with Crippen LogP contribution in [-0.2, 0) is 14.3 Å². The molecule has 4 nitrogen and oxygen atoms in total. The summed E-state index contributed by atoms with van der Waals surface area (Å²) in [6.45, 7) is 3.51. The van der Waals surface area contributed by atoms with Crippen LogP contribution in [0, 0.1) is 17.3 Å². The number of carbonyl (C=O) groups excluding carboxylic acids is 1. The van der Waals surface area contributed by atoms with Gasteiger partial charge in [0.1, 0.15) is 6.10 Å². The van der Waals surface area contributed by atoms with Crippen LogP contribution < -0.4 is 0 Å². The molecule has 5 rings (SSSR count). The molecule has 24 heavy (non-hydrogen) atoms. The van der Waals surface area contributed by atoms with Crippen LogP contribution in [0.5, 0.6) is 0 Å². The molecule has 0 bridgehead atoms. The number of hydrogen-bond donors (Lipinski definition) is 1. The van der Waals surface area contributed by atoms with Crippen molar-refractivity contribution in [3.63, 3.8) is 0 Å². The molecule has 130 valence electrons. The summed E-state index contributed by atoms with van der Waals surface area (Å²) in [6, 6.07) is 0. The molecule has 1 spiro atoms. The molecule has 2 fully saturated rings. The summed E-state index contributed by atoms with van der Waals surface area (Å²) in [7, 11) is 0. The standard InChI is InChI=1S/C20H26O4/c1-19-6-4-14-13-5-7-20(23-8-9-24-20)11-12(13)2-3-15(14)16(19)10-17(21)18(19)22/h4,15-17,21H,2-3,5-11H2,1H3/t15-,16+,17?,19+/m1/s1. The molecule has 0 aromatic rings. The summed E-state index contributed by atoms with van der Waals surface area (Å²) in [5.74, 6) is 0.472. The second-order valence-electron chi connectivity index (χ2n) is 8.51. The summed E-state index contributed by atoms with van der Waals surface area (Å²) in [5, 5.41) is 10.1. The fraction of sp³-hybridized carbons (Fsp3) is 0.750. The van der Waals surface area contributed by atoms with E-state index in [0.717, 1.165) is 38.5 Å². The molecule has 4 heteroatoms. The lowest BCUT2D eigenvalue weighted by Crippen LogP contribution is -2.41. The van der Waals surface area contributed by atoms with Crippen LogP contribution in [0.2, 0.25) is 0 Å². The van der Waals surface area contributed by atoms with Crippen LogP contribution in [0.25, 0.3) is 0 Å². The summed E-state index contributed by atoms with van der Waals surface area (Å²) >= 11 is 0. The molecule has 1 aliphatic heterocycles. The number of ketones is 1. The first-order chi connectivity index (χ1) is 11.5. The Kier molecular flexibility index (Phi) is 3.20. The van der Waals surface area contributed by atoms with E-state index in [0.29, 0.717) is 31.5 Å². The van der Waals surface area contributed by atoms with Gasteiger partial charge in [-0.3, -0.25) is 4.79 Å². The van der Waals surface area contributed by atoms with E-state index >= 15 is 0 Å². The Hall–Kier alpha value is -0.970. The van der Waals surface area contributed by atoms with Crippen LogP contribution in [0.15, 0.2) is 22.8 Å². The monoisotopic (exact) mass is 330 g/mol. The van der Waals surface area contributed by atoms with E-state index < -0.39 is 6.10 Å². The normalized spacial score (nSPS) is 43.5. The van der Waals surface area contributed by atoms with Gasteiger partial charge >= 0.3 is 0 Å². The van der Waals surface area contributed by atoms with Gasteiger partial charge in [0, 0.05) is 18.3 Å². The highest BCUT2D eigenvalue weighted by Crippen LogP contribution is 2.58. The SMILES string of the molecule is C[C@]12CC=C3C4=C(CC[C@H]3[C@@H]1CC(O)C2=O)CC1(CC4)OCCO1. The number of hydrogen-bond acceptors (Lipinski definition) is 4. The van der Waals surface area contributed by atoms with Crippen molar-refractivity contribution in [2.45, 2.75) is 63.8 Å².